The van der Waals surface area contributed by atoms with E-state index in [1.807, 2.05) is 0 Å². The van der Waals surface area contributed by atoms with Crippen LogP contribution in [0.1, 0.15) is 23.3 Å². The van der Waals surface area contributed by atoms with Gasteiger partial charge in [0.2, 0.25) is 0 Å². The molecule has 2 rings (SSSR count). The van der Waals surface area contributed by atoms with Crippen LogP contribution in [0, 0.1) is 0 Å². The van der Waals surface area contributed by atoms with E-state index in [0.29, 0.717) is 21.2 Å². The van der Waals surface area contributed by atoms with E-state index >= 15 is 0 Å². The predicted molar refractivity (Wildman–Crippen MR) is 113 cm³/mol. The van der Waals surface area contributed by atoms with E-state index in [4.69, 9.17) is 32.7 Å². The van der Waals surface area contributed by atoms with Crippen molar-refractivity contribution in [1.82, 2.24) is 0 Å². The minimum Gasteiger partial charge on any atom is -0.459 e. The molecule has 2 aromatic carbocycles. The van der Waals surface area contributed by atoms with Crippen molar-refractivity contribution in [3.8, 4) is 0 Å². The molecule has 0 aromatic heterocycles. The van der Waals surface area contributed by atoms with Crippen molar-refractivity contribution in [2.75, 3.05) is 13.2 Å². The highest BCUT2D eigenvalue weighted by molar-refractivity contribution is 6.30. The molecule has 2 atom stereocenters. The van der Waals surface area contributed by atoms with Crippen LogP contribution in [-0.2, 0) is 19.1 Å². The molecular weight excluding hydrogens is 431 g/mol. The third-order valence-corrected chi connectivity index (χ3v) is 4.61. The minimum absolute atomic E-state index is 0.175. The van der Waals surface area contributed by atoms with Crippen LogP contribution in [0.3, 0.4) is 0 Å². The topological polar surface area (TPSA) is 93.1 Å². The summed E-state index contributed by atoms with van der Waals surface area (Å²) in [7, 11) is 0. The molecule has 8 heteroatoms. The predicted octanol–water partition coefficient (Wildman–Crippen LogP) is 3.96. The van der Waals surface area contributed by atoms with E-state index in [-0.39, 0.29) is 24.4 Å². The highest BCUT2D eigenvalue weighted by Crippen LogP contribution is 2.24. The first-order valence-electron chi connectivity index (χ1n) is 8.79. The third-order valence-electron chi connectivity index (χ3n) is 4.11. The van der Waals surface area contributed by atoms with Crippen LogP contribution in [0.5, 0.6) is 0 Å². The van der Waals surface area contributed by atoms with Gasteiger partial charge in [0.25, 0.3) is 0 Å². The second-order valence-corrected chi connectivity index (χ2v) is 7.10. The summed E-state index contributed by atoms with van der Waals surface area (Å²) in [5.41, 5.74) is 0.512. The van der Waals surface area contributed by atoms with Crippen molar-refractivity contribution >= 4 is 35.1 Å². The maximum absolute atomic E-state index is 12.0. The van der Waals surface area contributed by atoms with E-state index < -0.39 is 24.1 Å². The average molecular weight is 451 g/mol. The van der Waals surface area contributed by atoms with Crippen LogP contribution >= 0.6 is 23.2 Å². The first-order valence-corrected chi connectivity index (χ1v) is 9.55. The number of halogens is 2. The van der Waals surface area contributed by atoms with Crippen LogP contribution < -0.4 is 0 Å². The Morgan fingerprint density at radius 1 is 0.733 bits per heavy atom. The Bertz CT molecular complexity index is 844. The van der Waals surface area contributed by atoms with E-state index in [1.54, 1.807) is 48.5 Å². The highest BCUT2D eigenvalue weighted by Gasteiger charge is 2.21. The molecule has 0 spiro atoms. The SMILES string of the molecule is C=C(C(=O)OCCOC(=O)C(=C)C(O)c1ccc(Cl)cc1)C(O)c1ccc(Cl)cc1. The van der Waals surface area contributed by atoms with Crippen LogP contribution in [0.25, 0.3) is 0 Å². The molecule has 0 fully saturated rings. The molecular formula is C22H20Cl2O6. The molecule has 6 nitrogen and oxygen atoms in total. The third kappa shape index (κ3) is 6.43. The number of aliphatic hydroxyl groups is 2. The molecule has 0 amide bonds. The van der Waals surface area contributed by atoms with Gasteiger partial charge in [0.1, 0.15) is 25.4 Å². The number of carbonyl (C=O) groups excluding carboxylic acids is 2. The summed E-state index contributed by atoms with van der Waals surface area (Å²) in [6, 6.07) is 12.5. The van der Waals surface area contributed by atoms with Crippen molar-refractivity contribution in [2.45, 2.75) is 12.2 Å². The van der Waals surface area contributed by atoms with Gasteiger partial charge in [-0.1, -0.05) is 60.6 Å². The van der Waals surface area contributed by atoms with Gasteiger partial charge in [-0.3, -0.25) is 0 Å². The van der Waals surface area contributed by atoms with Gasteiger partial charge in [-0.25, -0.2) is 9.59 Å². The lowest BCUT2D eigenvalue weighted by molar-refractivity contribution is -0.148. The molecule has 0 aliphatic heterocycles. The summed E-state index contributed by atoms with van der Waals surface area (Å²) in [4.78, 5) is 24.0. The average Bonchev–Trinajstić information content (AvgIpc) is 2.75. The number of hydrogen-bond donors (Lipinski definition) is 2. The van der Waals surface area contributed by atoms with Gasteiger partial charge in [-0.2, -0.15) is 0 Å². The second-order valence-electron chi connectivity index (χ2n) is 6.23. The first-order chi connectivity index (χ1) is 14.2. The van der Waals surface area contributed by atoms with Gasteiger partial charge in [0.15, 0.2) is 0 Å². The molecule has 2 unspecified atom stereocenters. The van der Waals surface area contributed by atoms with Crippen molar-refractivity contribution in [1.29, 1.82) is 0 Å². The Morgan fingerprint density at radius 2 is 1.03 bits per heavy atom. The van der Waals surface area contributed by atoms with Crippen LogP contribution in [0.15, 0.2) is 72.8 Å². The monoisotopic (exact) mass is 450 g/mol. The smallest absolute Gasteiger partial charge is 0.336 e. The van der Waals surface area contributed by atoms with E-state index in [0.717, 1.165) is 0 Å². The van der Waals surface area contributed by atoms with E-state index in [2.05, 4.69) is 13.2 Å². The minimum atomic E-state index is -1.26. The second kappa shape index (κ2) is 10.9. The van der Waals surface area contributed by atoms with E-state index in [9.17, 15) is 19.8 Å². The molecule has 0 bridgehead atoms. The number of hydrogen-bond acceptors (Lipinski definition) is 6. The Hall–Kier alpha value is -2.64. The molecule has 0 aliphatic carbocycles. The lowest BCUT2D eigenvalue weighted by Crippen LogP contribution is -2.19. The Balaban J connectivity index is 1.77. The zero-order chi connectivity index (χ0) is 22.3. The summed E-state index contributed by atoms with van der Waals surface area (Å²) in [5.74, 6) is -1.68. The van der Waals surface area contributed by atoms with Crippen molar-refractivity contribution in [3.05, 3.63) is 94.0 Å². The van der Waals surface area contributed by atoms with Crippen LogP contribution in [0.2, 0.25) is 10.0 Å². The number of ether oxygens (including phenoxy) is 2. The summed E-state index contributed by atoms with van der Waals surface area (Å²) in [6.07, 6.45) is -2.52. The van der Waals surface area contributed by atoms with Crippen molar-refractivity contribution in [3.63, 3.8) is 0 Å². The summed E-state index contributed by atoms with van der Waals surface area (Å²) in [5, 5.41) is 21.3. The zero-order valence-electron chi connectivity index (χ0n) is 15.9. The molecule has 0 heterocycles. The molecule has 0 aliphatic rings. The summed E-state index contributed by atoms with van der Waals surface area (Å²) >= 11 is 11.6. The number of esters is 2. The Morgan fingerprint density at radius 3 is 1.33 bits per heavy atom. The lowest BCUT2D eigenvalue weighted by Gasteiger charge is -2.15. The molecule has 30 heavy (non-hydrogen) atoms. The van der Waals surface area contributed by atoms with Crippen LogP contribution in [0.4, 0.5) is 0 Å². The molecule has 2 N–H and O–H groups in total. The van der Waals surface area contributed by atoms with Gasteiger partial charge in [0.05, 0.1) is 11.1 Å². The molecule has 2 aromatic rings. The Labute approximate surface area is 184 Å². The fraction of sp³-hybridized carbons (Fsp3) is 0.182. The number of benzene rings is 2. The fourth-order valence-electron chi connectivity index (χ4n) is 2.37. The van der Waals surface area contributed by atoms with Gasteiger partial charge < -0.3 is 19.7 Å². The molecule has 0 saturated heterocycles. The van der Waals surface area contributed by atoms with Gasteiger partial charge in [-0.15, -0.1) is 0 Å². The zero-order valence-corrected chi connectivity index (χ0v) is 17.4. The van der Waals surface area contributed by atoms with Gasteiger partial charge in [0, 0.05) is 10.0 Å². The largest absolute Gasteiger partial charge is 0.459 e. The normalized spacial score (nSPS) is 12.5. The first kappa shape index (κ1) is 23.6. The maximum atomic E-state index is 12.0. The summed E-state index contributed by atoms with van der Waals surface area (Å²) < 4.78 is 9.90. The lowest BCUT2D eigenvalue weighted by atomic mass is 10.0. The van der Waals surface area contributed by atoms with Gasteiger partial charge >= 0.3 is 11.9 Å². The van der Waals surface area contributed by atoms with E-state index in [1.165, 1.54) is 0 Å². The quantitative estimate of drug-likeness (QED) is 0.341. The molecule has 0 saturated carbocycles. The van der Waals surface area contributed by atoms with Gasteiger partial charge in [-0.05, 0) is 35.4 Å². The highest BCUT2D eigenvalue weighted by atomic mass is 35.5. The molecule has 0 radical (unpaired) electrons. The standard InChI is InChI=1S/C22H20Cl2O6/c1-13(19(25)15-3-7-17(23)8-4-15)21(27)29-11-12-30-22(28)14(2)20(26)16-5-9-18(24)10-6-16/h3-10,19-20,25-26H,1-2,11-12H2. The number of carbonyl (C=O) groups is 2. The van der Waals surface area contributed by atoms with Crippen molar-refractivity contribution in [2.24, 2.45) is 0 Å². The maximum Gasteiger partial charge on any atom is 0.336 e. The number of aliphatic hydroxyl groups excluding tert-OH is 2. The van der Waals surface area contributed by atoms with Crippen molar-refractivity contribution < 1.29 is 29.3 Å². The van der Waals surface area contributed by atoms with Crippen LogP contribution in [-0.4, -0.2) is 35.4 Å². The summed E-state index contributed by atoms with van der Waals surface area (Å²) in [6.45, 7) is 6.55. The Kier molecular flexibility index (Phi) is 8.62. The number of rotatable bonds is 9. The molecule has 158 valence electrons. The fourth-order valence-corrected chi connectivity index (χ4v) is 2.62.